The van der Waals surface area contributed by atoms with Gasteiger partial charge in [0, 0.05) is 4.88 Å². The molecule has 0 spiro atoms. The number of ether oxygens (including phenoxy) is 1. The van der Waals surface area contributed by atoms with Crippen LogP contribution in [0.4, 0.5) is 0 Å². The van der Waals surface area contributed by atoms with Crippen molar-refractivity contribution in [1.29, 1.82) is 0 Å². The van der Waals surface area contributed by atoms with E-state index in [9.17, 15) is 9.59 Å². The normalized spacial score (nSPS) is 11.0. The second kappa shape index (κ2) is 7.61. The number of carbonyl (C=O) groups excluding carboxylic acids is 1. The van der Waals surface area contributed by atoms with Crippen molar-refractivity contribution in [2.45, 2.75) is 33.2 Å². The zero-order valence-corrected chi connectivity index (χ0v) is 15.1. The molecule has 25 heavy (non-hydrogen) atoms. The number of benzene rings is 1. The Morgan fingerprint density at radius 2 is 2.04 bits per heavy atom. The number of thiophene rings is 1. The van der Waals surface area contributed by atoms with Gasteiger partial charge in [-0.3, -0.25) is 14.2 Å². The number of fused-ring (bicyclic) bond motifs is 1. The van der Waals surface area contributed by atoms with Crippen LogP contribution in [-0.2, 0) is 16.1 Å². The van der Waals surface area contributed by atoms with E-state index in [4.69, 9.17) is 4.74 Å². The molecule has 0 bridgehead atoms. The lowest BCUT2D eigenvalue weighted by Crippen LogP contribution is -2.25. The van der Waals surface area contributed by atoms with E-state index in [0.29, 0.717) is 16.8 Å². The molecule has 1 aromatic carbocycles. The SMILES string of the molecule is CCCCOC(=O)Cn1cnc2sc(-c3ccccc3)c(C)c2c1=O. The maximum Gasteiger partial charge on any atom is 0.326 e. The number of rotatable bonds is 6. The first kappa shape index (κ1) is 17.4. The summed E-state index contributed by atoms with van der Waals surface area (Å²) >= 11 is 1.49. The van der Waals surface area contributed by atoms with Crippen LogP contribution in [0.1, 0.15) is 25.3 Å². The highest BCUT2D eigenvalue weighted by Gasteiger charge is 2.16. The van der Waals surface area contributed by atoms with Crippen LogP contribution < -0.4 is 5.56 Å². The van der Waals surface area contributed by atoms with E-state index in [0.717, 1.165) is 28.8 Å². The Hall–Kier alpha value is -2.47. The number of hydrogen-bond donors (Lipinski definition) is 0. The van der Waals surface area contributed by atoms with Gasteiger partial charge in [-0.05, 0) is 24.5 Å². The van der Waals surface area contributed by atoms with Gasteiger partial charge in [-0.2, -0.15) is 0 Å². The van der Waals surface area contributed by atoms with Crippen molar-refractivity contribution in [2.24, 2.45) is 0 Å². The molecular weight excluding hydrogens is 336 g/mol. The first-order valence-corrected chi connectivity index (χ1v) is 9.13. The minimum Gasteiger partial charge on any atom is -0.464 e. The Balaban J connectivity index is 1.93. The number of unbranched alkanes of at least 4 members (excludes halogenated alkanes) is 1. The first-order chi connectivity index (χ1) is 12.1. The summed E-state index contributed by atoms with van der Waals surface area (Å²) in [5.41, 5.74) is 1.76. The van der Waals surface area contributed by atoms with E-state index in [1.54, 1.807) is 0 Å². The summed E-state index contributed by atoms with van der Waals surface area (Å²) in [7, 11) is 0. The molecule has 0 amide bonds. The molecule has 5 nitrogen and oxygen atoms in total. The summed E-state index contributed by atoms with van der Waals surface area (Å²) in [6.45, 7) is 4.23. The zero-order valence-electron chi connectivity index (χ0n) is 14.3. The number of aromatic nitrogens is 2. The molecular formula is C19H20N2O3S. The molecule has 0 unspecified atom stereocenters. The number of aryl methyl sites for hydroxylation is 1. The molecule has 0 fully saturated rings. The van der Waals surface area contributed by atoms with E-state index in [-0.39, 0.29) is 12.1 Å². The predicted molar refractivity (Wildman–Crippen MR) is 99.9 cm³/mol. The fourth-order valence-electron chi connectivity index (χ4n) is 2.65. The van der Waals surface area contributed by atoms with Gasteiger partial charge in [-0.15, -0.1) is 11.3 Å². The summed E-state index contributed by atoms with van der Waals surface area (Å²) in [6, 6.07) is 9.93. The zero-order chi connectivity index (χ0) is 17.8. The minimum absolute atomic E-state index is 0.110. The van der Waals surface area contributed by atoms with Crippen LogP contribution in [0.25, 0.3) is 20.7 Å². The van der Waals surface area contributed by atoms with Gasteiger partial charge in [-0.25, -0.2) is 4.98 Å². The molecule has 3 rings (SSSR count). The average molecular weight is 356 g/mol. The molecule has 3 aromatic rings. The number of carbonyl (C=O) groups is 1. The van der Waals surface area contributed by atoms with Crippen LogP contribution in [0.15, 0.2) is 41.5 Å². The Morgan fingerprint density at radius 3 is 2.76 bits per heavy atom. The smallest absolute Gasteiger partial charge is 0.326 e. The molecule has 0 N–H and O–H groups in total. The number of hydrogen-bond acceptors (Lipinski definition) is 5. The summed E-state index contributed by atoms with van der Waals surface area (Å²) in [5.74, 6) is -0.409. The van der Waals surface area contributed by atoms with Gasteiger partial charge < -0.3 is 4.74 Å². The molecule has 2 heterocycles. The molecule has 6 heteroatoms. The molecule has 130 valence electrons. The van der Waals surface area contributed by atoms with Crippen molar-refractivity contribution in [3.63, 3.8) is 0 Å². The van der Waals surface area contributed by atoms with Crippen molar-refractivity contribution >= 4 is 27.5 Å². The number of esters is 1. The minimum atomic E-state index is -0.409. The second-order valence-corrected chi connectivity index (χ2v) is 6.85. The third-order valence-electron chi connectivity index (χ3n) is 4.01. The monoisotopic (exact) mass is 356 g/mol. The lowest BCUT2D eigenvalue weighted by Gasteiger charge is -2.06. The van der Waals surface area contributed by atoms with E-state index in [1.165, 1.54) is 22.2 Å². The van der Waals surface area contributed by atoms with Gasteiger partial charge in [0.1, 0.15) is 11.4 Å². The molecule has 0 aliphatic heterocycles. The fraction of sp³-hybridized carbons (Fsp3) is 0.316. The lowest BCUT2D eigenvalue weighted by molar-refractivity contribution is -0.144. The van der Waals surface area contributed by atoms with Crippen LogP contribution in [-0.4, -0.2) is 22.1 Å². The van der Waals surface area contributed by atoms with Crippen LogP contribution in [0.2, 0.25) is 0 Å². The number of nitrogens with zero attached hydrogens (tertiary/aromatic N) is 2. The fourth-order valence-corrected chi connectivity index (χ4v) is 3.80. The maximum atomic E-state index is 12.8. The average Bonchev–Trinajstić information content (AvgIpc) is 2.96. The highest BCUT2D eigenvalue weighted by atomic mass is 32.1. The van der Waals surface area contributed by atoms with Crippen molar-refractivity contribution in [3.05, 3.63) is 52.6 Å². The van der Waals surface area contributed by atoms with Gasteiger partial charge in [0.25, 0.3) is 5.56 Å². The van der Waals surface area contributed by atoms with E-state index in [1.807, 2.05) is 44.2 Å². The van der Waals surface area contributed by atoms with Crippen molar-refractivity contribution in [1.82, 2.24) is 9.55 Å². The molecule has 0 aliphatic carbocycles. The summed E-state index contributed by atoms with van der Waals surface area (Å²) in [4.78, 5) is 30.8. The largest absolute Gasteiger partial charge is 0.464 e. The van der Waals surface area contributed by atoms with E-state index in [2.05, 4.69) is 4.98 Å². The standard InChI is InChI=1S/C19H20N2O3S/c1-3-4-10-24-15(22)11-21-12-20-18-16(19(21)23)13(2)17(25-18)14-8-6-5-7-9-14/h5-9,12H,3-4,10-11H2,1-2H3. The van der Waals surface area contributed by atoms with Crippen LogP contribution in [0.3, 0.4) is 0 Å². The van der Waals surface area contributed by atoms with Gasteiger partial charge in [0.15, 0.2) is 0 Å². The highest BCUT2D eigenvalue weighted by Crippen LogP contribution is 2.35. The van der Waals surface area contributed by atoms with Crippen molar-refractivity contribution in [2.75, 3.05) is 6.61 Å². The quantitative estimate of drug-likeness (QED) is 0.498. The highest BCUT2D eigenvalue weighted by molar-refractivity contribution is 7.22. The Labute approximate surface area is 149 Å². The van der Waals surface area contributed by atoms with Crippen LogP contribution >= 0.6 is 11.3 Å². The topological polar surface area (TPSA) is 61.2 Å². The molecule has 0 atom stereocenters. The Bertz CT molecular complexity index is 944. The third kappa shape index (κ3) is 3.64. The van der Waals surface area contributed by atoms with E-state index < -0.39 is 5.97 Å². The Kier molecular flexibility index (Phi) is 5.28. The molecule has 2 aromatic heterocycles. The van der Waals surface area contributed by atoms with Crippen LogP contribution in [0, 0.1) is 6.92 Å². The van der Waals surface area contributed by atoms with Crippen molar-refractivity contribution < 1.29 is 9.53 Å². The molecule has 0 radical (unpaired) electrons. The Morgan fingerprint density at radius 1 is 1.28 bits per heavy atom. The van der Waals surface area contributed by atoms with E-state index >= 15 is 0 Å². The van der Waals surface area contributed by atoms with Crippen molar-refractivity contribution in [3.8, 4) is 10.4 Å². The van der Waals surface area contributed by atoms with Gasteiger partial charge >= 0.3 is 5.97 Å². The van der Waals surface area contributed by atoms with Crippen LogP contribution in [0.5, 0.6) is 0 Å². The van der Waals surface area contributed by atoms with Gasteiger partial charge in [-0.1, -0.05) is 43.7 Å². The summed E-state index contributed by atoms with van der Waals surface area (Å²) < 4.78 is 6.46. The predicted octanol–water partition coefficient (Wildman–Crippen LogP) is 3.78. The summed E-state index contributed by atoms with van der Waals surface area (Å²) in [5, 5.41) is 0.577. The molecule has 0 saturated carbocycles. The molecule has 0 aliphatic rings. The van der Waals surface area contributed by atoms with Gasteiger partial charge in [0.2, 0.25) is 0 Å². The maximum absolute atomic E-state index is 12.8. The summed E-state index contributed by atoms with van der Waals surface area (Å²) in [6.07, 6.45) is 3.20. The second-order valence-electron chi connectivity index (χ2n) is 5.85. The van der Waals surface area contributed by atoms with Gasteiger partial charge in [0.05, 0.1) is 18.3 Å². The first-order valence-electron chi connectivity index (χ1n) is 8.31. The molecule has 0 saturated heterocycles. The lowest BCUT2D eigenvalue weighted by atomic mass is 10.1. The third-order valence-corrected chi connectivity index (χ3v) is 5.26.